The van der Waals surface area contributed by atoms with Crippen LogP contribution in [0, 0.1) is 15.9 Å². The molecule has 0 N–H and O–H groups in total. The summed E-state index contributed by atoms with van der Waals surface area (Å²) in [5, 5.41) is 10.7. The molecule has 1 aromatic carbocycles. The number of nitrogens with zero attached hydrogens (tertiary/aromatic N) is 3. The number of aryl methyl sites for hydroxylation is 1. The summed E-state index contributed by atoms with van der Waals surface area (Å²) >= 11 is 0. The molecule has 116 valence electrons. The minimum absolute atomic E-state index is 0.219. The van der Waals surface area contributed by atoms with Gasteiger partial charge in [-0.25, -0.2) is 4.39 Å². The Bertz CT molecular complexity index is 688. The van der Waals surface area contributed by atoms with Gasteiger partial charge in [-0.1, -0.05) is 12.1 Å². The standard InChI is InChI=1S/C14H14FN3O4/c15-11-3-1-2-10(6-11)8-21-9-12-4-5-17-7-13(18(19)20)16-14(17)22-12/h1-3,6-7,12H,4-5,8-9H2/t12-/m1/s1. The molecule has 1 aromatic heterocycles. The Morgan fingerprint density at radius 3 is 3.18 bits per heavy atom. The molecule has 0 aliphatic carbocycles. The minimum atomic E-state index is -0.551. The van der Waals surface area contributed by atoms with E-state index in [0.29, 0.717) is 19.6 Å². The summed E-state index contributed by atoms with van der Waals surface area (Å²) in [6.45, 7) is 1.19. The van der Waals surface area contributed by atoms with E-state index in [2.05, 4.69) is 4.98 Å². The Labute approximate surface area is 125 Å². The monoisotopic (exact) mass is 307 g/mol. The highest BCUT2D eigenvalue weighted by molar-refractivity contribution is 5.21. The maximum atomic E-state index is 13.0. The number of aromatic nitrogens is 2. The number of rotatable bonds is 5. The van der Waals surface area contributed by atoms with Gasteiger partial charge < -0.3 is 19.6 Å². The molecule has 0 spiro atoms. The van der Waals surface area contributed by atoms with Gasteiger partial charge in [-0.05, 0) is 22.6 Å². The lowest BCUT2D eigenvalue weighted by Gasteiger charge is -2.21. The number of hydrogen-bond donors (Lipinski definition) is 0. The van der Waals surface area contributed by atoms with Crippen molar-refractivity contribution >= 4 is 5.82 Å². The zero-order valence-electron chi connectivity index (χ0n) is 11.6. The molecule has 1 aliphatic heterocycles. The van der Waals surface area contributed by atoms with Gasteiger partial charge in [-0.3, -0.25) is 4.57 Å². The topological polar surface area (TPSA) is 79.4 Å². The van der Waals surface area contributed by atoms with Crippen molar-refractivity contribution in [2.45, 2.75) is 25.7 Å². The van der Waals surface area contributed by atoms with E-state index < -0.39 is 4.92 Å². The van der Waals surface area contributed by atoms with Gasteiger partial charge in [0, 0.05) is 17.9 Å². The van der Waals surface area contributed by atoms with Crippen molar-refractivity contribution in [1.29, 1.82) is 0 Å². The summed E-state index contributed by atoms with van der Waals surface area (Å²) in [6, 6.07) is 6.43. The normalized spacial score (nSPS) is 16.9. The van der Waals surface area contributed by atoms with E-state index in [4.69, 9.17) is 9.47 Å². The summed E-state index contributed by atoms with van der Waals surface area (Å²) in [6.07, 6.45) is 1.81. The second-order valence-electron chi connectivity index (χ2n) is 5.01. The fraction of sp³-hybridized carbons (Fsp3) is 0.357. The van der Waals surface area contributed by atoms with Crippen LogP contribution in [0.4, 0.5) is 10.2 Å². The molecule has 8 heteroatoms. The van der Waals surface area contributed by atoms with Crippen molar-refractivity contribution in [3.05, 3.63) is 52.0 Å². The lowest BCUT2D eigenvalue weighted by atomic mass is 10.2. The molecule has 0 saturated heterocycles. The van der Waals surface area contributed by atoms with Crippen LogP contribution in [0.1, 0.15) is 12.0 Å². The Kier molecular flexibility index (Phi) is 4.01. The van der Waals surface area contributed by atoms with Gasteiger partial charge in [0.2, 0.25) is 0 Å². The van der Waals surface area contributed by atoms with Crippen molar-refractivity contribution in [2.75, 3.05) is 6.61 Å². The largest absolute Gasteiger partial charge is 0.440 e. The van der Waals surface area contributed by atoms with Crippen LogP contribution in [0.5, 0.6) is 6.01 Å². The fourth-order valence-corrected chi connectivity index (χ4v) is 2.27. The van der Waals surface area contributed by atoms with Gasteiger partial charge in [0.15, 0.2) is 0 Å². The highest BCUT2D eigenvalue weighted by Gasteiger charge is 2.28. The van der Waals surface area contributed by atoms with Crippen LogP contribution in [0.2, 0.25) is 0 Å². The van der Waals surface area contributed by atoms with Crippen LogP contribution >= 0.6 is 0 Å². The maximum Gasteiger partial charge on any atom is 0.414 e. The molecule has 0 bridgehead atoms. The maximum absolute atomic E-state index is 13.0. The van der Waals surface area contributed by atoms with E-state index in [9.17, 15) is 14.5 Å². The van der Waals surface area contributed by atoms with Gasteiger partial charge in [0.1, 0.15) is 18.1 Å². The third kappa shape index (κ3) is 3.22. The molecule has 0 fully saturated rings. The second kappa shape index (κ2) is 6.10. The molecule has 0 unspecified atom stereocenters. The number of imidazole rings is 1. The Balaban J connectivity index is 1.53. The van der Waals surface area contributed by atoms with Crippen molar-refractivity contribution in [1.82, 2.24) is 9.55 Å². The van der Waals surface area contributed by atoms with E-state index in [-0.39, 0.29) is 30.4 Å². The first-order chi connectivity index (χ1) is 10.6. The third-order valence-electron chi connectivity index (χ3n) is 3.34. The molecule has 1 aliphatic rings. The van der Waals surface area contributed by atoms with Crippen LogP contribution in [-0.4, -0.2) is 27.2 Å². The van der Waals surface area contributed by atoms with Crippen LogP contribution in [0.3, 0.4) is 0 Å². The van der Waals surface area contributed by atoms with Crippen LogP contribution in [0.15, 0.2) is 30.5 Å². The van der Waals surface area contributed by atoms with E-state index in [1.165, 1.54) is 18.3 Å². The SMILES string of the molecule is O=[N+]([O-])c1cn2c(n1)O[C@@H](COCc1cccc(F)c1)CC2. The predicted molar refractivity (Wildman–Crippen MR) is 74.0 cm³/mol. The zero-order chi connectivity index (χ0) is 15.5. The summed E-state index contributed by atoms with van der Waals surface area (Å²) in [7, 11) is 0. The van der Waals surface area contributed by atoms with Crippen LogP contribution < -0.4 is 4.74 Å². The van der Waals surface area contributed by atoms with E-state index in [1.807, 2.05) is 0 Å². The van der Waals surface area contributed by atoms with Gasteiger partial charge in [-0.15, -0.1) is 0 Å². The Morgan fingerprint density at radius 2 is 2.41 bits per heavy atom. The summed E-state index contributed by atoms with van der Waals surface area (Å²) in [4.78, 5) is 13.9. The molecule has 22 heavy (non-hydrogen) atoms. The van der Waals surface area contributed by atoms with Gasteiger partial charge >= 0.3 is 11.8 Å². The molecule has 0 amide bonds. The molecule has 1 atom stereocenters. The first-order valence-corrected chi connectivity index (χ1v) is 6.82. The first-order valence-electron chi connectivity index (χ1n) is 6.82. The van der Waals surface area contributed by atoms with Crippen molar-refractivity contribution in [2.24, 2.45) is 0 Å². The van der Waals surface area contributed by atoms with Crippen molar-refractivity contribution in [3.63, 3.8) is 0 Å². The van der Waals surface area contributed by atoms with E-state index >= 15 is 0 Å². The zero-order valence-corrected chi connectivity index (χ0v) is 11.6. The van der Waals surface area contributed by atoms with Crippen molar-refractivity contribution < 1.29 is 18.8 Å². The quantitative estimate of drug-likeness (QED) is 0.625. The van der Waals surface area contributed by atoms with Gasteiger partial charge in [0.05, 0.1) is 13.2 Å². The molecular formula is C14H14FN3O4. The number of fused-ring (bicyclic) bond motifs is 1. The average Bonchev–Trinajstić information content (AvgIpc) is 2.91. The number of nitro groups is 1. The summed E-state index contributed by atoms with van der Waals surface area (Å²) in [5.74, 6) is -0.527. The van der Waals surface area contributed by atoms with Gasteiger partial charge in [-0.2, -0.15) is 0 Å². The lowest BCUT2D eigenvalue weighted by molar-refractivity contribution is -0.389. The lowest BCUT2D eigenvalue weighted by Crippen LogP contribution is -2.30. The van der Waals surface area contributed by atoms with Crippen LogP contribution in [0.25, 0.3) is 0 Å². The number of halogens is 1. The highest BCUT2D eigenvalue weighted by atomic mass is 19.1. The first kappa shape index (κ1) is 14.5. The summed E-state index contributed by atoms with van der Waals surface area (Å²) < 4.78 is 25.7. The van der Waals surface area contributed by atoms with E-state index in [0.717, 1.165) is 5.56 Å². The van der Waals surface area contributed by atoms with Crippen LogP contribution in [-0.2, 0) is 17.9 Å². The number of benzene rings is 1. The smallest absolute Gasteiger partial charge is 0.414 e. The van der Waals surface area contributed by atoms with E-state index in [1.54, 1.807) is 16.7 Å². The average molecular weight is 307 g/mol. The number of ether oxygens (including phenoxy) is 2. The predicted octanol–water partition coefficient (Wildman–Crippen LogP) is 2.30. The Morgan fingerprint density at radius 1 is 1.55 bits per heavy atom. The summed E-state index contributed by atoms with van der Waals surface area (Å²) in [5.41, 5.74) is 0.743. The third-order valence-corrected chi connectivity index (χ3v) is 3.34. The molecular weight excluding hydrogens is 293 g/mol. The molecule has 0 radical (unpaired) electrons. The highest BCUT2D eigenvalue weighted by Crippen LogP contribution is 2.24. The number of hydrogen-bond acceptors (Lipinski definition) is 5. The van der Waals surface area contributed by atoms with Crippen molar-refractivity contribution in [3.8, 4) is 6.01 Å². The molecule has 2 aromatic rings. The fourth-order valence-electron chi connectivity index (χ4n) is 2.27. The second-order valence-corrected chi connectivity index (χ2v) is 5.01. The van der Waals surface area contributed by atoms with Gasteiger partial charge in [0.25, 0.3) is 0 Å². The minimum Gasteiger partial charge on any atom is -0.440 e. The molecule has 3 rings (SSSR count). The molecule has 2 heterocycles. The Hall–Kier alpha value is -2.48. The molecule has 0 saturated carbocycles. The molecule has 7 nitrogen and oxygen atoms in total.